The topological polar surface area (TPSA) is 75.7 Å². The van der Waals surface area contributed by atoms with Crippen LogP contribution in [0.5, 0.6) is 11.5 Å². The molecule has 6 nitrogen and oxygen atoms in total. The van der Waals surface area contributed by atoms with E-state index in [1.165, 1.54) is 13.0 Å². The molecule has 0 bridgehead atoms. The Morgan fingerprint density at radius 3 is 2.43 bits per heavy atom. The second kappa shape index (κ2) is 8.05. The molecule has 1 N–H and O–H groups in total. The minimum absolute atomic E-state index is 0.148. The van der Waals surface area contributed by atoms with Crippen LogP contribution in [0.15, 0.2) is 30.3 Å². The van der Waals surface area contributed by atoms with E-state index in [0.29, 0.717) is 12.5 Å². The first kappa shape index (κ1) is 22.3. The number of carbonyl (C=O) groups excluding carboxylic acids is 1. The molecule has 0 saturated carbocycles. The van der Waals surface area contributed by atoms with Gasteiger partial charge in [0, 0.05) is 19.2 Å². The highest BCUT2D eigenvalue weighted by molar-refractivity contribution is 7.87. The van der Waals surface area contributed by atoms with Crippen molar-refractivity contribution in [1.82, 2.24) is 9.03 Å². The van der Waals surface area contributed by atoms with E-state index in [2.05, 4.69) is 0 Å². The number of amides is 1. The summed E-state index contributed by atoms with van der Waals surface area (Å²) in [6.07, 6.45) is -4.05. The highest BCUT2D eigenvalue weighted by Gasteiger charge is 2.34. The van der Waals surface area contributed by atoms with Gasteiger partial charge in [0.1, 0.15) is 17.3 Å². The third-order valence-electron chi connectivity index (χ3n) is 4.36. The van der Waals surface area contributed by atoms with E-state index >= 15 is 0 Å². The number of hydrogen-bond acceptors (Lipinski definition) is 4. The maximum absolute atomic E-state index is 14.4. The Bertz CT molecular complexity index is 1100. The number of aryl methyl sites for hydroxylation is 1. The van der Waals surface area contributed by atoms with E-state index < -0.39 is 44.3 Å². The molecule has 0 radical (unpaired) electrons. The molecule has 1 amide bonds. The molecule has 0 spiro atoms. The van der Waals surface area contributed by atoms with Gasteiger partial charge in [-0.15, -0.1) is 0 Å². The highest BCUT2D eigenvalue weighted by Crippen LogP contribution is 2.38. The lowest BCUT2D eigenvalue weighted by molar-refractivity contribution is -0.137. The fraction of sp³-hybridized carbons (Fsp3) is 0.278. The normalized spacial score (nSPS) is 14.9. The second-order valence-corrected chi connectivity index (χ2v) is 8.61. The van der Waals surface area contributed by atoms with Gasteiger partial charge in [-0.2, -0.15) is 25.9 Å². The Kier molecular flexibility index (Phi) is 5.99. The molecule has 3 rings (SSSR count). The number of halogens is 5. The van der Waals surface area contributed by atoms with Crippen molar-refractivity contribution in [1.29, 1.82) is 0 Å². The van der Waals surface area contributed by atoms with Crippen LogP contribution in [0.4, 0.5) is 17.6 Å². The Balaban J connectivity index is 1.84. The van der Waals surface area contributed by atoms with Crippen LogP contribution < -0.4 is 9.46 Å². The van der Waals surface area contributed by atoms with Crippen LogP contribution in [0, 0.1) is 12.7 Å². The standard InChI is InChI=1S/C18H15ClF4N2O4S/c1-10-7-12(17(26)24-30(27,28)25-5-2-6-25)15(20)9-16(10)29-11-3-4-14(19)13(8-11)18(21,22)23/h3-4,7-9H,2,5-6H2,1H3,(H,24,26). The van der Waals surface area contributed by atoms with Gasteiger partial charge in [0.25, 0.3) is 5.91 Å². The molecular formula is C18H15ClF4N2O4S. The molecule has 2 aromatic carbocycles. The molecule has 0 atom stereocenters. The number of benzene rings is 2. The van der Waals surface area contributed by atoms with Crippen LogP contribution in [0.3, 0.4) is 0 Å². The molecule has 2 aromatic rings. The average Bonchev–Trinajstić information content (AvgIpc) is 2.55. The van der Waals surface area contributed by atoms with Crippen LogP contribution in [-0.2, 0) is 16.4 Å². The number of carbonyl (C=O) groups is 1. The van der Waals surface area contributed by atoms with E-state index in [1.54, 1.807) is 4.72 Å². The van der Waals surface area contributed by atoms with Crippen molar-refractivity contribution in [3.05, 3.63) is 57.9 Å². The fourth-order valence-corrected chi connectivity index (χ4v) is 4.06. The number of ether oxygens (including phenoxy) is 1. The van der Waals surface area contributed by atoms with Crippen molar-refractivity contribution >= 4 is 27.7 Å². The van der Waals surface area contributed by atoms with Crippen molar-refractivity contribution in [2.24, 2.45) is 0 Å². The third-order valence-corrected chi connectivity index (χ3v) is 6.17. The first-order chi connectivity index (χ1) is 13.9. The van der Waals surface area contributed by atoms with Gasteiger partial charge in [0.05, 0.1) is 16.1 Å². The Labute approximate surface area is 174 Å². The Morgan fingerprint density at radius 1 is 1.20 bits per heavy atom. The SMILES string of the molecule is Cc1cc(C(=O)NS(=O)(=O)N2CCC2)c(F)cc1Oc1ccc(Cl)c(C(F)(F)F)c1. The maximum Gasteiger partial charge on any atom is 0.417 e. The quantitative estimate of drug-likeness (QED) is 0.667. The molecule has 1 fully saturated rings. The van der Waals surface area contributed by atoms with E-state index in [4.69, 9.17) is 16.3 Å². The predicted octanol–water partition coefficient (Wildman–Crippen LogP) is 4.28. The van der Waals surface area contributed by atoms with Crippen molar-refractivity contribution in [3.8, 4) is 11.5 Å². The lowest BCUT2D eigenvalue weighted by Crippen LogP contribution is -2.49. The second-order valence-electron chi connectivity index (χ2n) is 6.53. The summed E-state index contributed by atoms with van der Waals surface area (Å²) in [6.45, 7) is 1.95. The van der Waals surface area contributed by atoms with Crippen LogP contribution in [-0.4, -0.2) is 31.7 Å². The van der Waals surface area contributed by atoms with E-state index in [0.717, 1.165) is 22.5 Å². The molecular weight excluding hydrogens is 452 g/mol. The Morgan fingerprint density at radius 2 is 1.87 bits per heavy atom. The zero-order valence-electron chi connectivity index (χ0n) is 15.4. The number of hydrogen-bond donors (Lipinski definition) is 1. The van der Waals surface area contributed by atoms with Crippen molar-refractivity contribution in [2.75, 3.05) is 13.1 Å². The molecule has 162 valence electrons. The molecule has 12 heteroatoms. The summed E-state index contributed by atoms with van der Waals surface area (Å²) in [4.78, 5) is 12.2. The first-order valence-corrected chi connectivity index (χ1v) is 10.4. The van der Waals surface area contributed by atoms with Crippen LogP contribution in [0.2, 0.25) is 5.02 Å². The largest absolute Gasteiger partial charge is 0.457 e. The summed E-state index contributed by atoms with van der Waals surface area (Å²) >= 11 is 5.55. The molecule has 30 heavy (non-hydrogen) atoms. The summed E-state index contributed by atoms with van der Waals surface area (Å²) in [7, 11) is -4.07. The molecule has 1 heterocycles. The van der Waals surface area contributed by atoms with Crippen LogP contribution in [0.1, 0.15) is 27.9 Å². The number of rotatable bonds is 5. The monoisotopic (exact) mass is 466 g/mol. The smallest absolute Gasteiger partial charge is 0.417 e. The minimum Gasteiger partial charge on any atom is -0.457 e. The van der Waals surface area contributed by atoms with Gasteiger partial charge in [-0.3, -0.25) is 4.79 Å². The number of alkyl halides is 3. The van der Waals surface area contributed by atoms with Crippen LogP contribution >= 0.6 is 11.6 Å². The van der Waals surface area contributed by atoms with E-state index in [1.807, 2.05) is 0 Å². The van der Waals surface area contributed by atoms with Gasteiger partial charge in [-0.05, 0) is 43.2 Å². The molecule has 0 aliphatic carbocycles. The van der Waals surface area contributed by atoms with Gasteiger partial charge < -0.3 is 4.74 Å². The molecule has 0 aromatic heterocycles. The molecule has 1 saturated heterocycles. The van der Waals surface area contributed by atoms with Gasteiger partial charge in [0.2, 0.25) is 0 Å². The summed E-state index contributed by atoms with van der Waals surface area (Å²) in [6, 6.07) is 4.68. The molecule has 1 aliphatic rings. The highest BCUT2D eigenvalue weighted by atomic mass is 35.5. The number of nitrogens with one attached hydrogen (secondary N) is 1. The Hall–Kier alpha value is -2.37. The average molecular weight is 467 g/mol. The lowest BCUT2D eigenvalue weighted by atomic mass is 10.1. The van der Waals surface area contributed by atoms with Crippen molar-refractivity contribution in [3.63, 3.8) is 0 Å². The maximum atomic E-state index is 14.4. The number of nitrogens with zero attached hydrogens (tertiary/aromatic N) is 1. The summed E-state index contributed by atoms with van der Waals surface area (Å²) in [5.74, 6) is -2.66. The lowest BCUT2D eigenvalue weighted by Gasteiger charge is -2.29. The van der Waals surface area contributed by atoms with Gasteiger partial charge >= 0.3 is 16.4 Å². The first-order valence-electron chi connectivity index (χ1n) is 8.55. The molecule has 1 aliphatic heterocycles. The summed E-state index contributed by atoms with van der Waals surface area (Å²) in [5, 5.41) is -0.520. The van der Waals surface area contributed by atoms with Crippen LogP contribution in [0.25, 0.3) is 0 Å². The van der Waals surface area contributed by atoms with Gasteiger partial charge in [0.15, 0.2) is 0 Å². The van der Waals surface area contributed by atoms with Crippen molar-refractivity contribution in [2.45, 2.75) is 19.5 Å². The zero-order valence-corrected chi connectivity index (χ0v) is 17.0. The van der Waals surface area contributed by atoms with E-state index in [9.17, 15) is 30.8 Å². The predicted molar refractivity (Wildman–Crippen MR) is 100 cm³/mol. The summed E-state index contributed by atoms with van der Waals surface area (Å²) < 4.78 is 85.5. The van der Waals surface area contributed by atoms with Gasteiger partial charge in [-0.1, -0.05) is 11.6 Å². The minimum atomic E-state index is -4.71. The van der Waals surface area contributed by atoms with E-state index in [-0.39, 0.29) is 30.2 Å². The third kappa shape index (κ3) is 4.68. The fourth-order valence-electron chi connectivity index (χ4n) is 2.62. The zero-order chi connectivity index (χ0) is 22.3. The summed E-state index contributed by atoms with van der Waals surface area (Å²) in [5.41, 5.74) is -1.46. The van der Waals surface area contributed by atoms with Crippen molar-refractivity contribution < 1.29 is 35.5 Å². The van der Waals surface area contributed by atoms with Gasteiger partial charge in [-0.25, -0.2) is 9.11 Å². The molecule has 0 unspecified atom stereocenters.